The number of aryl methyl sites for hydroxylation is 2. The van der Waals surface area contributed by atoms with Crippen LogP contribution in [0.4, 0.5) is 5.69 Å². The minimum Gasteiger partial charge on any atom is -0.489 e. The number of nitrogens with zero attached hydrogens (tertiary/aromatic N) is 3. The molecule has 7 nitrogen and oxygen atoms in total. The Morgan fingerprint density at radius 3 is 2.42 bits per heavy atom. The largest absolute Gasteiger partial charge is 0.489 e. The van der Waals surface area contributed by atoms with Crippen LogP contribution in [0.3, 0.4) is 0 Å². The van der Waals surface area contributed by atoms with Gasteiger partial charge < -0.3 is 14.6 Å². The van der Waals surface area contributed by atoms with Gasteiger partial charge in [-0.15, -0.1) is 0 Å². The summed E-state index contributed by atoms with van der Waals surface area (Å²) < 4.78 is 13.0. The Morgan fingerprint density at radius 1 is 1.03 bits per heavy atom. The topological polar surface area (TPSA) is 82.2 Å². The number of aromatic nitrogens is 3. The van der Waals surface area contributed by atoms with E-state index in [1.54, 1.807) is 6.92 Å². The highest BCUT2D eigenvalue weighted by atomic mass is 16.5. The lowest BCUT2D eigenvalue weighted by molar-refractivity contribution is 0.101. The molecular formula is C24H24N4O3. The Balaban J connectivity index is 1.51. The van der Waals surface area contributed by atoms with Crippen molar-refractivity contribution in [3.63, 3.8) is 0 Å². The highest BCUT2D eigenvalue weighted by Gasteiger charge is 2.23. The molecule has 4 rings (SSSR count). The molecule has 7 heteroatoms. The van der Waals surface area contributed by atoms with Gasteiger partial charge in [0.15, 0.2) is 5.69 Å². The molecule has 0 fully saturated rings. The van der Waals surface area contributed by atoms with Crippen LogP contribution in [0, 0.1) is 20.8 Å². The van der Waals surface area contributed by atoms with Crippen LogP contribution >= 0.6 is 0 Å². The van der Waals surface area contributed by atoms with Crippen LogP contribution in [0.15, 0.2) is 65.2 Å². The zero-order valence-corrected chi connectivity index (χ0v) is 17.8. The highest BCUT2D eigenvalue weighted by Crippen LogP contribution is 2.23. The van der Waals surface area contributed by atoms with Crippen molar-refractivity contribution in [2.75, 3.05) is 5.32 Å². The fourth-order valence-electron chi connectivity index (χ4n) is 3.37. The van der Waals surface area contributed by atoms with Crippen molar-refractivity contribution >= 4 is 11.6 Å². The van der Waals surface area contributed by atoms with Crippen molar-refractivity contribution in [2.45, 2.75) is 33.9 Å². The first-order chi connectivity index (χ1) is 15.0. The summed E-state index contributed by atoms with van der Waals surface area (Å²) in [6, 6.07) is 19.5. The van der Waals surface area contributed by atoms with Gasteiger partial charge in [-0.25, -0.2) is 0 Å². The monoisotopic (exact) mass is 416 g/mol. The number of nitrogens with one attached hydrogen (secondary N) is 1. The van der Waals surface area contributed by atoms with Crippen LogP contribution in [0.5, 0.6) is 5.75 Å². The lowest BCUT2D eigenvalue weighted by Crippen LogP contribution is -2.16. The zero-order valence-electron chi connectivity index (χ0n) is 17.8. The maximum atomic E-state index is 13.0. The molecule has 2 aromatic carbocycles. The molecule has 0 aliphatic heterocycles. The first-order valence-corrected chi connectivity index (χ1v) is 10.0. The van der Waals surface area contributed by atoms with E-state index in [1.165, 1.54) is 0 Å². The predicted molar refractivity (Wildman–Crippen MR) is 117 cm³/mol. The standard InChI is InChI=1S/C24H24N4O3/c1-16-22(17(2)28(26-16)14-19-10-6-4-7-11-19)25-24(29)23-21(18(3)31-27-23)15-30-20-12-8-5-9-13-20/h4-13H,14-15H2,1-3H3,(H,25,29). The van der Waals surface area contributed by atoms with Crippen LogP contribution in [0.1, 0.15) is 38.8 Å². The molecular weight excluding hydrogens is 392 g/mol. The number of carbonyl (C=O) groups is 1. The summed E-state index contributed by atoms with van der Waals surface area (Å²) in [6.07, 6.45) is 0. The quantitative estimate of drug-likeness (QED) is 0.473. The molecule has 2 heterocycles. The van der Waals surface area contributed by atoms with Gasteiger partial charge in [-0.1, -0.05) is 53.7 Å². The van der Waals surface area contributed by atoms with E-state index < -0.39 is 0 Å². The van der Waals surface area contributed by atoms with Crippen molar-refractivity contribution in [3.05, 3.63) is 94.6 Å². The van der Waals surface area contributed by atoms with Crippen molar-refractivity contribution in [1.82, 2.24) is 14.9 Å². The van der Waals surface area contributed by atoms with Gasteiger partial charge >= 0.3 is 0 Å². The molecule has 0 aliphatic rings. The number of hydrogen-bond acceptors (Lipinski definition) is 5. The maximum Gasteiger partial charge on any atom is 0.278 e. The maximum absolute atomic E-state index is 13.0. The van der Waals surface area contributed by atoms with Crippen LogP contribution in [0.2, 0.25) is 0 Å². The van der Waals surface area contributed by atoms with Crippen molar-refractivity contribution in [2.24, 2.45) is 0 Å². The normalized spacial score (nSPS) is 10.8. The number of amides is 1. The van der Waals surface area contributed by atoms with E-state index in [-0.39, 0.29) is 18.2 Å². The van der Waals surface area contributed by atoms with Gasteiger partial charge in [0, 0.05) is 0 Å². The molecule has 4 aromatic rings. The molecule has 0 aliphatic carbocycles. The van der Waals surface area contributed by atoms with Crippen LogP contribution in [-0.4, -0.2) is 20.8 Å². The number of benzene rings is 2. The first-order valence-electron chi connectivity index (χ1n) is 10.0. The molecule has 2 aromatic heterocycles. The van der Waals surface area contributed by atoms with Gasteiger partial charge in [0.1, 0.15) is 18.1 Å². The second-order valence-electron chi connectivity index (χ2n) is 7.31. The Hall–Kier alpha value is -3.87. The molecule has 0 unspecified atom stereocenters. The minimum absolute atomic E-state index is 0.188. The minimum atomic E-state index is -0.353. The lowest BCUT2D eigenvalue weighted by Gasteiger charge is -2.08. The summed E-state index contributed by atoms with van der Waals surface area (Å²) in [4.78, 5) is 13.0. The van der Waals surface area contributed by atoms with E-state index in [9.17, 15) is 4.79 Å². The molecule has 0 radical (unpaired) electrons. The summed E-state index contributed by atoms with van der Waals surface area (Å²) in [6.45, 7) is 6.39. The third-order valence-corrected chi connectivity index (χ3v) is 5.12. The zero-order chi connectivity index (χ0) is 21.8. The second-order valence-corrected chi connectivity index (χ2v) is 7.31. The number of hydrogen-bond donors (Lipinski definition) is 1. The molecule has 0 atom stereocenters. The van der Waals surface area contributed by atoms with Gasteiger partial charge in [0.25, 0.3) is 5.91 Å². The van der Waals surface area contributed by atoms with Gasteiger partial charge in [0.05, 0.1) is 29.2 Å². The Kier molecular flexibility index (Phi) is 5.84. The second kappa shape index (κ2) is 8.87. The van der Waals surface area contributed by atoms with Crippen LogP contribution in [0.25, 0.3) is 0 Å². The van der Waals surface area contributed by atoms with E-state index in [2.05, 4.69) is 15.6 Å². The molecule has 158 valence electrons. The van der Waals surface area contributed by atoms with Gasteiger partial charge in [-0.2, -0.15) is 5.10 Å². The van der Waals surface area contributed by atoms with Crippen molar-refractivity contribution in [1.29, 1.82) is 0 Å². The SMILES string of the molecule is Cc1nn(Cc2ccccc2)c(C)c1NC(=O)c1noc(C)c1COc1ccccc1. The lowest BCUT2D eigenvalue weighted by atomic mass is 10.2. The molecule has 0 spiro atoms. The van der Waals surface area contributed by atoms with E-state index in [0.29, 0.717) is 29.3 Å². The van der Waals surface area contributed by atoms with Crippen molar-refractivity contribution < 1.29 is 14.1 Å². The average molecular weight is 416 g/mol. The summed E-state index contributed by atoms with van der Waals surface area (Å²) >= 11 is 0. The number of ether oxygens (including phenoxy) is 1. The van der Waals surface area contributed by atoms with E-state index in [0.717, 1.165) is 17.0 Å². The molecule has 0 bridgehead atoms. The summed E-state index contributed by atoms with van der Waals surface area (Å²) in [5.41, 5.74) is 4.26. The molecule has 1 amide bonds. The number of para-hydroxylation sites is 1. The third kappa shape index (κ3) is 4.50. The Bertz CT molecular complexity index is 1180. The number of carbonyl (C=O) groups excluding carboxylic acids is 1. The summed E-state index contributed by atoms with van der Waals surface area (Å²) in [7, 11) is 0. The van der Waals surface area contributed by atoms with E-state index in [1.807, 2.05) is 79.2 Å². The Morgan fingerprint density at radius 2 is 1.71 bits per heavy atom. The van der Waals surface area contributed by atoms with Gasteiger partial charge in [0.2, 0.25) is 0 Å². The summed E-state index contributed by atoms with van der Waals surface area (Å²) in [5.74, 6) is 0.909. The third-order valence-electron chi connectivity index (χ3n) is 5.12. The smallest absolute Gasteiger partial charge is 0.278 e. The number of anilines is 1. The van der Waals surface area contributed by atoms with E-state index >= 15 is 0 Å². The number of rotatable bonds is 7. The predicted octanol–water partition coefficient (Wildman–Crippen LogP) is 4.68. The molecule has 31 heavy (non-hydrogen) atoms. The fourth-order valence-corrected chi connectivity index (χ4v) is 3.37. The van der Waals surface area contributed by atoms with E-state index in [4.69, 9.17) is 9.26 Å². The Labute approximate surface area is 180 Å². The summed E-state index contributed by atoms with van der Waals surface area (Å²) in [5, 5.41) is 11.5. The first kappa shape index (κ1) is 20.4. The fraction of sp³-hybridized carbons (Fsp3) is 0.208. The average Bonchev–Trinajstić information content (AvgIpc) is 3.28. The molecule has 0 saturated carbocycles. The highest BCUT2D eigenvalue weighted by molar-refractivity contribution is 6.04. The van der Waals surface area contributed by atoms with Crippen LogP contribution < -0.4 is 10.1 Å². The molecule has 1 N–H and O–H groups in total. The van der Waals surface area contributed by atoms with Gasteiger partial charge in [-0.05, 0) is 38.5 Å². The van der Waals surface area contributed by atoms with Crippen molar-refractivity contribution in [3.8, 4) is 5.75 Å². The van der Waals surface area contributed by atoms with Gasteiger partial charge in [-0.3, -0.25) is 9.48 Å². The molecule has 0 saturated heterocycles. The van der Waals surface area contributed by atoms with Crippen LogP contribution in [-0.2, 0) is 13.2 Å².